The van der Waals surface area contributed by atoms with E-state index in [-0.39, 0.29) is 5.02 Å². The Balaban J connectivity index is 1.79. The van der Waals surface area contributed by atoms with Gasteiger partial charge in [0.25, 0.3) is 0 Å². The lowest BCUT2D eigenvalue weighted by molar-refractivity contribution is 0.414. The van der Waals surface area contributed by atoms with Gasteiger partial charge >= 0.3 is 0 Å². The van der Waals surface area contributed by atoms with Crippen molar-refractivity contribution in [2.75, 3.05) is 13.7 Å². The lowest BCUT2D eigenvalue weighted by Crippen LogP contribution is -2.33. The molecule has 0 aliphatic heterocycles. The molecule has 0 bridgehead atoms. The zero-order valence-electron chi connectivity index (χ0n) is 12.9. The molecule has 2 aromatic carbocycles. The number of aliphatic imine (C=N–C) groups is 1. The number of nitrogens with zero attached hydrogens (tertiary/aromatic N) is 1. The average Bonchev–Trinajstić information content (AvgIpc) is 2.56. The number of hydrogen-bond donors (Lipinski definition) is 2. The van der Waals surface area contributed by atoms with Crippen LogP contribution in [0.1, 0.15) is 11.1 Å². The first-order chi connectivity index (χ1) is 11.1. The van der Waals surface area contributed by atoms with Crippen molar-refractivity contribution >= 4 is 17.6 Å². The second-order valence-corrected chi connectivity index (χ2v) is 5.38. The van der Waals surface area contributed by atoms with Gasteiger partial charge in [0.05, 0.1) is 18.7 Å². The summed E-state index contributed by atoms with van der Waals surface area (Å²) in [4.78, 5) is 4.21. The first-order valence-electron chi connectivity index (χ1n) is 7.19. The Hall–Kier alpha value is -2.27. The van der Waals surface area contributed by atoms with Crippen LogP contribution in [-0.2, 0) is 13.0 Å². The van der Waals surface area contributed by atoms with Crippen molar-refractivity contribution in [2.45, 2.75) is 13.0 Å². The number of hydrogen-bond acceptors (Lipinski definition) is 2. The molecular formula is C17H19ClFN3O. The van der Waals surface area contributed by atoms with Crippen molar-refractivity contribution in [3.05, 3.63) is 64.4 Å². The van der Waals surface area contributed by atoms with Crippen LogP contribution < -0.4 is 15.8 Å². The smallest absolute Gasteiger partial charge is 0.188 e. The first kappa shape index (κ1) is 17.1. The van der Waals surface area contributed by atoms with E-state index < -0.39 is 5.82 Å². The Kier molecular flexibility index (Phi) is 6.23. The molecule has 0 heterocycles. The van der Waals surface area contributed by atoms with Gasteiger partial charge < -0.3 is 15.8 Å². The van der Waals surface area contributed by atoms with E-state index in [0.29, 0.717) is 19.0 Å². The highest BCUT2D eigenvalue weighted by molar-refractivity contribution is 6.30. The summed E-state index contributed by atoms with van der Waals surface area (Å²) in [6.07, 6.45) is 0.822. The Morgan fingerprint density at radius 1 is 1.22 bits per heavy atom. The molecule has 0 aliphatic rings. The van der Waals surface area contributed by atoms with E-state index in [4.69, 9.17) is 22.1 Å². The quantitative estimate of drug-likeness (QED) is 0.630. The van der Waals surface area contributed by atoms with Crippen LogP contribution in [0.25, 0.3) is 0 Å². The largest absolute Gasteiger partial charge is 0.497 e. The molecule has 0 aromatic heterocycles. The Morgan fingerprint density at radius 2 is 1.91 bits per heavy atom. The molecule has 6 heteroatoms. The van der Waals surface area contributed by atoms with Crippen molar-refractivity contribution in [2.24, 2.45) is 10.7 Å². The fourth-order valence-corrected chi connectivity index (χ4v) is 2.20. The van der Waals surface area contributed by atoms with Gasteiger partial charge in [-0.3, -0.25) is 0 Å². The van der Waals surface area contributed by atoms with Gasteiger partial charge in [-0.15, -0.1) is 0 Å². The normalized spacial score (nSPS) is 11.3. The molecule has 0 saturated carbocycles. The maximum atomic E-state index is 13.1. The number of methoxy groups -OCH3 is 1. The molecule has 0 saturated heterocycles. The van der Waals surface area contributed by atoms with Gasteiger partial charge in [0.15, 0.2) is 5.96 Å². The maximum Gasteiger partial charge on any atom is 0.188 e. The van der Waals surface area contributed by atoms with Gasteiger partial charge in [0, 0.05) is 6.54 Å². The number of rotatable bonds is 6. The van der Waals surface area contributed by atoms with Gasteiger partial charge in [0.1, 0.15) is 11.6 Å². The molecule has 0 atom stereocenters. The van der Waals surface area contributed by atoms with Gasteiger partial charge in [-0.05, 0) is 41.8 Å². The summed E-state index contributed by atoms with van der Waals surface area (Å²) >= 11 is 5.72. The van der Waals surface area contributed by atoms with Crippen LogP contribution in [0.15, 0.2) is 47.5 Å². The minimum absolute atomic E-state index is 0.0868. The third-order valence-corrected chi connectivity index (χ3v) is 3.58. The van der Waals surface area contributed by atoms with Crippen LogP contribution in [0.4, 0.5) is 4.39 Å². The first-order valence-corrected chi connectivity index (χ1v) is 7.57. The second-order valence-electron chi connectivity index (χ2n) is 4.97. The monoisotopic (exact) mass is 335 g/mol. The van der Waals surface area contributed by atoms with Crippen LogP contribution in [0.3, 0.4) is 0 Å². The highest BCUT2D eigenvalue weighted by Crippen LogP contribution is 2.16. The molecule has 0 aliphatic carbocycles. The van der Waals surface area contributed by atoms with E-state index in [2.05, 4.69) is 10.3 Å². The zero-order valence-corrected chi connectivity index (χ0v) is 13.6. The van der Waals surface area contributed by atoms with E-state index >= 15 is 0 Å². The van der Waals surface area contributed by atoms with E-state index in [1.165, 1.54) is 11.6 Å². The number of guanidine groups is 1. The van der Waals surface area contributed by atoms with Gasteiger partial charge in [-0.1, -0.05) is 29.8 Å². The number of nitrogens with two attached hydrogens (primary N) is 1. The van der Waals surface area contributed by atoms with Gasteiger partial charge in [-0.2, -0.15) is 0 Å². The van der Waals surface area contributed by atoms with E-state index in [0.717, 1.165) is 17.7 Å². The summed E-state index contributed by atoms with van der Waals surface area (Å²) in [5.74, 6) is 0.740. The van der Waals surface area contributed by atoms with Crippen molar-refractivity contribution in [1.82, 2.24) is 5.32 Å². The average molecular weight is 336 g/mol. The molecule has 0 amide bonds. The molecule has 0 spiro atoms. The molecule has 122 valence electrons. The summed E-state index contributed by atoms with van der Waals surface area (Å²) in [5.41, 5.74) is 7.79. The summed E-state index contributed by atoms with van der Waals surface area (Å²) in [6, 6.07) is 12.4. The second kappa shape index (κ2) is 8.39. The van der Waals surface area contributed by atoms with Crippen LogP contribution in [0.5, 0.6) is 5.75 Å². The molecule has 3 N–H and O–H groups in total. The predicted molar refractivity (Wildman–Crippen MR) is 91.4 cm³/mol. The van der Waals surface area contributed by atoms with Crippen molar-refractivity contribution in [3.8, 4) is 5.75 Å². The Labute approximate surface area is 140 Å². The number of benzene rings is 2. The van der Waals surface area contributed by atoms with Crippen molar-refractivity contribution in [3.63, 3.8) is 0 Å². The number of halogens is 2. The van der Waals surface area contributed by atoms with Crippen LogP contribution in [-0.4, -0.2) is 19.6 Å². The van der Waals surface area contributed by atoms with E-state index in [1.54, 1.807) is 19.2 Å². The molecule has 2 rings (SSSR count). The molecule has 0 unspecified atom stereocenters. The SMILES string of the molecule is COc1ccc(CCNC(N)=NCc2ccc(F)c(Cl)c2)cc1. The molecular weight excluding hydrogens is 317 g/mol. The standard InChI is InChI=1S/C17H19ClFN3O/c1-23-14-5-2-12(3-6-14)8-9-21-17(20)22-11-13-4-7-16(19)15(18)10-13/h2-7,10H,8-9,11H2,1H3,(H3,20,21,22). The van der Waals surface area contributed by atoms with Crippen LogP contribution >= 0.6 is 11.6 Å². The Bertz CT molecular complexity index is 674. The highest BCUT2D eigenvalue weighted by Gasteiger charge is 2.01. The third-order valence-electron chi connectivity index (χ3n) is 3.29. The van der Waals surface area contributed by atoms with Gasteiger partial charge in [-0.25, -0.2) is 9.38 Å². The summed E-state index contributed by atoms with van der Waals surface area (Å²) in [5, 5.41) is 3.13. The lowest BCUT2D eigenvalue weighted by atomic mass is 10.1. The predicted octanol–water partition coefficient (Wildman–Crippen LogP) is 3.13. The fraction of sp³-hybridized carbons (Fsp3) is 0.235. The van der Waals surface area contributed by atoms with Crippen molar-refractivity contribution in [1.29, 1.82) is 0 Å². The summed E-state index contributed by atoms with van der Waals surface area (Å²) in [6.45, 7) is 1.02. The van der Waals surface area contributed by atoms with Crippen LogP contribution in [0.2, 0.25) is 5.02 Å². The number of nitrogens with one attached hydrogen (secondary N) is 1. The van der Waals surface area contributed by atoms with E-state index in [1.807, 2.05) is 24.3 Å². The number of ether oxygens (including phenoxy) is 1. The van der Waals surface area contributed by atoms with Crippen molar-refractivity contribution < 1.29 is 9.13 Å². The topological polar surface area (TPSA) is 59.6 Å². The molecule has 2 aromatic rings. The lowest BCUT2D eigenvalue weighted by Gasteiger charge is -2.07. The minimum atomic E-state index is -0.440. The molecule has 23 heavy (non-hydrogen) atoms. The molecule has 4 nitrogen and oxygen atoms in total. The van der Waals surface area contributed by atoms with E-state index in [9.17, 15) is 4.39 Å². The fourth-order valence-electron chi connectivity index (χ4n) is 2.00. The summed E-state index contributed by atoms with van der Waals surface area (Å²) in [7, 11) is 1.64. The maximum absolute atomic E-state index is 13.1. The minimum Gasteiger partial charge on any atom is -0.497 e. The molecule has 0 fully saturated rings. The van der Waals surface area contributed by atoms with Gasteiger partial charge in [0.2, 0.25) is 0 Å². The summed E-state index contributed by atoms with van der Waals surface area (Å²) < 4.78 is 18.2. The zero-order chi connectivity index (χ0) is 16.7. The third kappa shape index (κ3) is 5.45. The van der Waals surface area contributed by atoms with Crippen LogP contribution in [0, 0.1) is 5.82 Å². The Morgan fingerprint density at radius 3 is 2.57 bits per heavy atom. The highest BCUT2D eigenvalue weighted by atomic mass is 35.5. The molecule has 0 radical (unpaired) electrons.